The van der Waals surface area contributed by atoms with Gasteiger partial charge >= 0.3 is 12.1 Å². The number of fused-ring (bicyclic) bond motifs is 1. The molecule has 0 aliphatic carbocycles. The average Bonchev–Trinajstić information content (AvgIpc) is 3.22. The van der Waals surface area contributed by atoms with Crippen molar-refractivity contribution >= 4 is 39.1 Å². The quantitative estimate of drug-likeness (QED) is 0.609. The standard InChI is InChI=1S/C14H13N5OS.C2HF3O2/c20-14(9-5-17-19(8-9)10-6-15-7-10)18-13-11-2-4-21-12(11)1-3-16-13;3-2(4,5)1(6)7/h1-5,8,10,15H,6-7H2,(H,16,18,20);(H,6,7). The molecule has 4 heterocycles. The van der Waals surface area contributed by atoms with Gasteiger partial charge in [-0.3, -0.25) is 9.48 Å². The molecule has 12 heteroatoms. The Morgan fingerprint density at radius 1 is 1.32 bits per heavy atom. The monoisotopic (exact) mass is 413 g/mol. The van der Waals surface area contributed by atoms with Crippen LogP contribution >= 0.6 is 11.3 Å². The molecule has 3 aromatic rings. The summed E-state index contributed by atoms with van der Waals surface area (Å²) in [6.45, 7) is 1.80. The first kappa shape index (κ1) is 19.8. The Morgan fingerprint density at radius 2 is 2.04 bits per heavy atom. The largest absolute Gasteiger partial charge is 0.490 e. The van der Waals surface area contributed by atoms with Crippen molar-refractivity contribution in [1.82, 2.24) is 20.1 Å². The van der Waals surface area contributed by atoms with Gasteiger partial charge in [-0.05, 0) is 17.5 Å². The van der Waals surface area contributed by atoms with E-state index < -0.39 is 12.1 Å². The Hall–Kier alpha value is -2.99. The first-order chi connectivity index (χ1) is 13.3. The van der Waals surface area contributed by atoms with E-state index in [1.54, 1.807) is 29.9 Å². The fraction of sp³-hybridized carbons (Fsp3) is 0.250. The van der Waals surface area contributed by atoms with Crippen molar-refractivity contribution in [3.63, 3.8) is 0 Å². The number of anilines is 1. The summed E-state index contributed by atoms with van der Waals surface area (Å²) in [6, 6.07) is 4.26. The van der Waals surface area contributed by atoms with E-state index in [0.717, 1.165) is 23.2 Å². The van der Waals surface area contributed by atoms with Crippen LogP contribution in [0, 0.1) is 0 Å². The Morgan fingerprint density at radius 3 is 2.64 bits per heavy atom. The van der Waals surface area contributed by atoms with Gasteiger partial charge < -0.3 is 15.7 Å². The third-order valence-corrected chi connectivity index (χ3v) is 4.73. The zero-order valence-corrected chi connectivity index (χ0v) is 14.9. The molecule has 0 spiro atoms. The summed E-state index contributed by atoms with van der Waals surface area (Å²) in [6.07, 6.45) is 0.00784. The van der Waals surface area contributed by atoms with Crippen LogP contribution in [0.1, 0.15) is 16.4 Å². The normalized spacial score (nSPS) is 14.1. The fourth-order valence-electron chi connectivity index (χ4n) is 2.29. The molecule has 0 aromatic carbocycles. The van der Waals surface area contributed by atoms with E-state index >= 15 is 0 Å². The highest BCUT2D eigenvalue weighted by Crippen LogP contribution is 2.26. The molecule has 1 aliphatic heterocycles. The highest BCUT2D eigenvalue weighted by Gasteiger charge is 2.38. The van der Waals surface area contributed by atoms with Crippen LogP contribution in [-0.4, -0.2) is 51.0 Å². The van der Waals surface area contributed by atoms with E-state index in [1.165, 1.54) is 0 Å². The molecule has 1 aliphatic rings. The van der Waals surface area contributed by atoms with E-state index in [0.29, 0.717) is 17.4 Å². The van der Waals surface area contributed by atoms with Crippen LogP contribution < -0.4 is 10.6 Å². The molecule has 8 nitrogen and oxygen atoms in total. The van der Waals surface area contributed by atoms with Crippen LogP contribution in [0.2, 0.25) is 0 Å². The van der Waals surface area contributed by atoms with Crippen LogP contribution in [0.15, 0.2) is 36.1 Å². The van der Waals surface area contributed by atoms with E-state index in [4.69, 9.17) is 9.90 Å². The van der Waals surface area contributed by atoms with E-state index in [1.807, 2.05) is 22.2 Å². The second-order valence-electron chi connectivity index (χ2n) is 5.77. The number of pyridine rings is 1. The number of aromatic nitrogens is 3. The summed E-state index contributed by atoms with van der Waals surface area (Å²) in [7, 11) is 0. The number of carboxylic acids is 1. The molecule has 3 N–H and O–H groups in total. The van der Waals surface area contributed by atoms with Gasteiger partial charge in [0, 0.05) is 35.6 Å². The molecular weight excluding hydrogens is 399 g/mol. The average molecular weight is 413 g/mol. The minimum Gasteiger partial charge on any atom is -0.475 e. The Kier molecular flexibility index (Phi) is 5.61. The number of carbonyl (C=O) groups is 2. The summed E-state index contributed by atoms with van der Waals surface area (Å²) in [5.41, 5.74) is 0.552. The van der Waals surface area contributed by atoms with Gasteiger partial charge in [-0.15, -0.1) is 11.3 Å². The van der Waals surface area contributed by atoms with Crippen LogP contribution in [0.25, 0.3) is 10.1 Å². The smallest absolute Gasteiger partial charge is 0.475 e. The topological polar surface area (TPSA) is 109 Å². The van der Waals surface area contributed by atoms with E-state index in [2.05, 4.69) is 20.7 Å². The number of alkyl halides is 3. The summed E-state index contributed by atoms with van der Waals surface area (Å²) in [5.74, 6) is -2.34. The predicted octanol–water partition coefficient (Wildman–Crippen LogP) is 2.52. The zero-order chi connectivity index (χ0) is 20.3. The molecule has 148 valence electrons. The van der Waals surface area contributed by atoms with Gasteiger partial charge in [0.25, 0.3) is 5.91 Å². The van der Waals surface area contributed by atoms with Crippen LogP contribution in [0.4, 0.5) is 19.0 Å². The number of hydrogen-bond acceptors (Lipinski definition) is 6. The molecular formula is C16H14F3N5O3S. The lowest BCUT2D eigenvalue weighted by Crippen LogP contribution is -2.43. The lowest BCUT2D eigenvalue weighted by Gasteiger charge is -2.27. The van der Waals surface area contributed by atoms with Crippen molar-refractivity contribution in [3.05, 3.63) is 41.7 Å². The van der Waals surface area contributed by atoms with Crippen molar-refractivity contribution in [2.75, 3.05) is 18.4 Å². The minimum atomic E-state index is -5.08. The highest BCUT2D eigenvalue weighted by molar-refractivity contribution is 7.17. The summed E-state index contributed by atoms with van der Waals surface area (Å²) in [4.78, 5) is 25.5. The second kappa shape index (κ2) is 7.94. The SMILES string of the molecule is O=C(Nc1nccc2sccc12)c1cnn(C2CNC2)c1.O=C(O)C(F)(F)F. The molecule has 4 rings (SSSR count). The molecule has 3 aromatic heterocycles. The van der Waals surface area contributed by atoms with Gasteiger partial charge in [-0.1, -0.05) is 0 Å². The summed E-state index contributed by atoms with van der Waals surface area (Å²) < 4.78 is 34.7. The Labute approximate surface area is 160 Å². The second-order valence-corrected chi connectivity index (χ2v) is 6.72. The Bertz CT molecular complexity index is 997. The molecule has 0 saturated carbocycles. The van der Waals surface area contributed by atoms with Gasteiger partial charge in [0.1, 0.15) is 5.82 Å². The van der Waals surface area contributed by atoms with Crippen molar-refractivity contribution in [1.29, 1.82) is 0 Å². The number of amides is 1. The van der Waals surface area contributed by atoms with Gasteiger partial charge in [-0.2, -0.15) is 18.3 Å². The van der Waals surface area contributed by atoms with Crippen molar-refractivity contribution in [2.24, 2.45) is 0 Å². The maximum absolute atomic E-state index is 12.3. The van der Waals surface area contributed by atoms with Gasteiger partial charge in [0.05, 0.1) is 17.8 Å². The predicted molar refractivity (Wildman–Crippen MR) is 95.4 cm³/mol. The van der Waals surface area contributed by atoms with Gasteiger partial charge in [-0.25, -0.2) is 9.78 Å². The lowest BCUT2D eigenvalue weighted by molar-refractivity contribution is -0.192. The summed E-state index contributed by atoms with van der Waals surface area (Å²) in [5, 5.41) is 20.4. The molecule has 28 heavy (non-hydrogen) atoms. The minimum absolute atomic E-state index is 0.181. The molecule has 1 amide bonds. The maximum Gasteiger partial charge on any atom is 0.490 e. The van der Waals surface area contributed by atoms with Crippen molar-refractivity contribution < 1.29 is 27.9 Å². The number of carbonyl (C=O) groups excluding carboxylic acids is 1. The van der Waals surface area contributed by atoms with E-state index in [-0.39, 0.29) is 5.91 Å². The van der Waals surface area contributed by atoms with Crippen LogP contribution in [0.5, 0.6) is 0 Å². The molecule has 0 atom stereocenters. The number of aliphatic carboxylic acids is 1. The Balaban J connectivity index is 0.000000279. The van der Waals surface area contributed by atoms with Crippen LogP contribution in [-0.2, 0) is 4.79 Å². The number of carboxylic acid groups (broad SMARTS) is 1. The van der Waals surface area contributed by atoms with Gasteiger partial charge in [0.15, 0.2) is 0 Å². The maximum atomic E-state index is 12.3. The van der Waals surface area contributed by atoms with Crippen molar-refractivity contribution in [2.45, 2.75) is 12.2 Å². The third kappa shape index (κ3) is 4.46. The number of hydrogen-bond donors (Lipinski definition) is 3. The third-order valence-electron chi connectivity index (χ3n) is 3.85. The fourth-order valence-corrected chi connectivity index (χ4v) is 3.07. The number of nitrogens with zero attached hydrogens (tertiary/aromatic N) is 3. The number of halogens is 3. The first-order valence-electron chi connectivity index (χ1n) is 7.94. The molecule has 0 unspecified atom stereocenters. The number of rotatable bonds is 3. The highest BCUT2D eigenvalue weighted by atomic mass is 32.1. The van der Waals surface area contributed by atoms with Crippen LogP contribution in [0.3, 0.4) is 0 Å². The van der Waals surface area contributed by atoms with Crippen molar-refractivity contribution in [3.8, 4) is 0 Å². The first-order valence-corrected chi connectivity index (χ1v) is 8.82. The molecule has 0 radical (unpaired) electrons. The van der Waals surface area contributed by atoms with Gasteiger partial charge in [0.2, 0.25) is 0 Å². The molecule has 1 saturated heterocycles. The summed E-state index contributed by atoms with van der Waals surface area (Å²) >= 11 is 1.63. The number of nitrogens with one attached hydrogen (secondary N) is 2. The van der Waals surface area contributed by atoms with E-state index in [9.17, 15) is 18.0 Å². The molecule has 1 fully saturated rings. The molecule has 0 bridgehead atoms. The zero-order valence-electron chi connectivity index (χ0n) is 14.1. The number of thiophene rings is 1. The lowest BCUT2D eigenvalue weighted by atomic mass is 10.2.